The van der Waals surface area contributed by atoms with E-state index in [1.807, 2.05) is 70.3 Å². The molecule has 0 aliphatic carbocycles. The highest BCUT2D eigenvalue weighted by Crippen LogP contribution is 2.17. The quantitative estimate of drug-likeness (QED) is 0.247. The van der Waals surface area contributed by atoms with E-state index in [1.54, 1.807) is 0 Å². The summed E-state index contributed by atoms with van der Waals surface area (Å²) in [6.07, 6.45) is 3.75. The number of carbonyl (C=O) groups is 1. The highest BCUT2D eigenvalue weighted by Gasteiger charge is 2.30. The van der Waals surface area contributed by atoms with Gasteiger partial charge in [0.05, 0.1) is 12.1 Å². The number of hydrogen-bond donors (Lipinski definition) is 3. The predicted molar refractivity (Wildman–Crippen MR) is 139 cm³/mol. The summed E-state index contributed by atoms with van der Waals surface area (Å²) in [5.74, 6) is 1.59. The Morgan fingerprint density at radius 3 is 2.47 bits per heavy atom. The summed E-state index contributed by atoms with van der Waals surface area (Å²) in [5, 5.41) is 18.1. The van der Waals surface area contributed by atoms with Gasteiger partial charge < -0.3 is 20.7 Å². The van der Waals surface area contributed by atoms with Crippen molar-refractivity contribution in [2.45, 2.75) is 71.9 Å². The van der Waals surface area contributed by atoms with E-state index in [4.69, 9.17) is 9.73 Å². The van der Waals surface area contributed by atoms with Gasteiger partial charge in [-0.15, -0.1) is 34.2 Å². The van der Waals surface area contributed by atoms with Crippen molar-refractivity contribution in [2.24, 2.45) is 4.99 Å². The van der Waals surface area contributed by atoms with Crippen LogP contribution in [0.15, 0.2) is 29.4 Å². The van der Waals surface area contributed by atoms with Crippen LogP contribution in [0.5, 0.6) is 0 Å². The molecule has 0 saturated heterocycles. The smallest absolute Gasteiger partial charge is 0.408 e. The molecule has 0 atom stereocenters. The van der Waals surface area contributed by atoms with Crippen LogP contribution in [0.3, 0.4) is 0 Å². The molecule has 0 saturated carbocycles. The van der Waals surface area contributed by atoms with Gasteiger partial charge in [-0.1, -0.05) is 19.9 Å². The fourth-order valence-corrected chi connectivity index (χ4v) is 3.14. The van der Waals surface area contributed by atoms with Gasteiger partial charge in [0.1, 0.15) is 11.4 Å². The highest BCUT2D eigenvalue weighted by molar-refractivity contribution is 14.0. The Labute approximate surface area is 208 Å². The number of ether oxygens (including phenoxy) is 1. The first-order valence-electron chi connectivity index (χ1n) is 11.0. The molecule has 0 aliphatic heterocycles. The predicted octanol–water partition coefficient (Wildman–Crippen LogP) is 3.53. The van der Waals surface area contributed by atoms with E-state index in [0.29, 0.717) is 25.5 Å². The standard InChI is InChI=1S/C22H37N7O2.HI/c1-7-22(8-2,26-20(30)31-21(4,5)6)16-25-19(23-9-3)24-14-13-18-28-27-17-12-10-11-15-29(17)18;/h10-12,15H,7-9,13-14,16H2,1-6H3,(H,26,30)(H2,23,24,25);1H. The summed E-state index contributed by atoms with van der Waals surface area (Å²) in [5.41, 5.74) is -0.168. The molecule has 2 aromatic heterocycles. The summed E-state index contributed by atoms with van der Waals surface area (Å²) < 4.78 is 7.43. The summed E-state index contributed by atoms with van der Waals surface area (Å²) in [4.78, 5) is 17.1. The Kier molecular flexibility index (Phi) is 11.2. The topological polar surface area (TPSA) is 105 Å². The number of guanidine groups is 1. The van der Waals surface area contributed by atoms with Crippen molar-refractivity contribution in [1.82, 2.24) is 30.5 Å². The third-order valence-electron chi connectivity index (χ3n) is 5.03. The lowest BCUT2D eigenvalue weighted by atomic mass is 9.93. The molecule has 0 spiro atoms. The lowest BCUT2D eigenvalue weighted by Gasteiger charge is -2.32. The van der Waals surface area contributed by atoms with Gasteiger partial charge in [-0.2, -0.15) is 0 Å². The zero-order valence-electron chi connectivity index (χ0n) is 20.1. The third-order valence-corrected chi connectivity index (χ3v) is 5.03. The maximum absolute atomic E-state index is 12.3. The summed E-state index contributed by atoms with van der Waals surface area (Å²) >= 11 is 0. The Hall–Kier alpha value is -2.11. The van der Waals surface area contributed by atoms with Gasteiger partial charge in [-0.25, -0.2) is 4.79 Å². The van der Waals surface area contributed by atoms with E-state index in [2.05, 4.69) is 26.1 Å². The van der Waals surface area contributed by atoms with Gasteiger partial charge in [0.15, 0.2) is 11.6 Å². The van der Waals surface area contributed by atoms with Crippen LogP contribution in [-0.4, -0.2) is 57.4 Å². The molecule has 180 valence electrons. The van der Waals surface area contributed by atoms with Crippen molar-refractivity contribution >= 4 is 41.7 Å². The number of halogens is 1. The number of amides is 1. The maximum Gasteiger partial charge on any atom is 0.408 e. The Bertz CT molecular complexity index is 873. The molecule has 1 amide bonds. The molecule has 3 N–H and O–H groups in total. The average Bonchev–Trinajstić information content (AvgIpc) is 3.13. The molecule has 0 unspecified atom stereocenters. The Balaban J connectivity index is 0.00000512. The first-order valence-corrected chi connectivity index (χ1v) is 11.0. The fourth-order valence-electron chi connectivity index (χ4n) is 3.14. The lowest BCUT2D eigenvalue weighted by Crippen LogP contribution is -2.52. The van der Waals surface area contributed by atoms with Crippen LogP contribution in [0.4, 0.5) is 4.79 Å². The molecular weight excluding hydrogens is 521 g/mol. The van der Waals surface area contributed by atoms with Crippen LogP contribution in [0.1, 0.15) is 60.2 Å². The molecule has 2 heterocycles. The number of aromatic nitrogens is 3. The molecule has 0 radical (unpaired) electrons. The second-order valence-electron chi connectivity index (χ2n) is 8.53. The van der Waals surface area contributed by atoms with Crippen molar-refractivity contribution in [1.29, 1.82) is 0 Å². The van der Waals surface area contributed by atoms with Crippen molar-refractivity contribution in [3.8, 4) is 0 Å². The van der Waals surface area contributed by atoms with Crippen LogP contribution in [0.2, 0.25) is 0 Å². The monoisotopic (exact) mass is 559 g/mol. The van der Waals surface area contributed by atoms with E-state index < -0.39 is 17.2 Å². The lowest BCUT2D eigenvalue weighted by molar-refractivity contribution is 0.0452. The van der Waals surface area contributed by atoms with Crippen molar-refractivity contribution in [3.05, 3.63) is 30.2 Å². The summed E-state index contributed by atoms with van der Waals surface area (Å²) in [7, 11) is 0. The minimum Gasteiger partial charge on any atom is -0.444 e. The number of nitrogens with zero attached hydrogens (tertiary/aromatic N) is 4. The minimum absolute atomic E-state index is 0. The van der Waals surface area contributed by atoms with Crippen molar-refractivity contribution < 1.29 is 9.53 Å². The first-order chi connectivity index (χ1) is 14.7. The number of pyridine rings is 1. The molecule has 0 fully saturated rings. The fraction of sp³-hybridized carbons (Fsp3) is 0.636. The second-order valence-corrected chi connectivity index (χ2v) is 8.53. The molecule has 9 nitrogen and oxygen atoms in total. The maximum atomic E-state index is 12.3. The molecular formula is C22H38IN7O2. The van der Waals surface area contributed by atoms with Crippen molar-refractivity contribution in [3.63, 3.8) is 0 Å². The SMILES string of the molecule is CCNC(=NCC(CC)(CC)NC(=O)OC(C)(C)C)NCCc1nnc2ccccn12.I. The number of aliphatic imine (C=N–C) groups is 1. The van der Waals surface area contributed by atoms with E-state index in [1.165, 1.54) is 0 Å². The van der Waals surface area contributed by atoms with E-state index in [0.717, 1.165) is 30.9 Å². The number of nitrogens with one attached hydrogen (secondary N) is 3. The Morgan fingerprint density at radius 2 is 1.84 bits per heavy atom. The number of alkyl carbamates (subject to hydrolysis) is 1. The Morgan fingerprint density at radius 1 is 1.12 bits per heavy atom. The van der Waals surface area contributed by atoms with Crippen LogP contribution in [0, 0.1) is 0 Å². The molecule has 0 aliphatic rings. The van der Waals surface area contributed by atoms with Crippen molar-refractivity contribution in [2.75, 3.05) is 19.6 Å². The van der Waals surface area contributed by atoms with E-state index in [9.17, 15) is 4.79 Å². The van der Waals surface area contributed by atoms with Gasteiger partial charge in [-0.05, 0) is 52.7 Å². The first kappa shape index (κ1) is 27.9. The largest absolute Gasteiger partial charge is 0.444 e. The molecule has 0 bridgehead atoms. The zero-order valence-corrected chi connectivity index (χ0v) is 22.4. The molecule has 32 heavy (non-hydrogen) atoms. The third kappa shape index (κ3) is 8.44. The van der Waals surface area contributed by atoms with Gasteiger partial charge in [0.2, 0.25) is 0 Å². The summed E-state index contributed by atoms with van der Waals surface area (Å²) in [6.45, 7) is 13.5. The van der Waals surface area contributed by atoms with E-state index >= 15 is 0 Å². The molecule has 2 aromatic rings. The van der Waals surface area contributed by atoms with Gasteiger partial charge in [-0.3, -0.25) is 9.39 Å². The molecule has 10 heteroatoms. The average molecular weight is 559 g/mol. The zero-order chi connectivity index (χ0) is 22.9. The molecule has 2 rings (SSSR count). The van der Waals surface area contributed by atoms with E-state index in [-0.39, 0.29) is 24.0 Å². The highest BCUT2D eigenvalue weighted by atomic mass is 127. The van der Waals surface area contributed by atoms with Crippen LogP contribution in [0.25, 0.3) is 5.65 Å². The van der Waals surface area contributed by atoms with Gasteiger partial charge in [0, 0.05) is 25.7 Å². The number of fused-ring (bicyclic) bond motifs is 1. The number of hydrogen-bond acceptors (Lipinski definition) is 5. The number of rotatable bonds is 9. The number of carbonyl (C=O) groups excluding carboxylic acids is 1. The van der Waals surface area contributed by atoms with Crippen LogP contribution >= 0.6 is 24.0 Å². The second kappa shape index (κ2) is 12.8. The van der Waals surface area contributed by atoms with Gasteiger partial charge in [0.25, 0.3) is 0 Å². The van der Waals surface area contributed by atoms with Crippen LogP contribution < -0.4 is 16.0 Å². The van der Waals surface area contributed by atoms with Gasteiger partial charge >= 0.3 is 6.09 Å². The van der Waals surface area contributed by atoms with Crippen LogP contribution in [-0.2, 0) is 11.2 Å². The minimum atomic E-state index is -0.539. The summed E-state index contributed by atoms with van der Waals surface area (Å²) in [6, 6.07) is 5.84. The normalized spacial score (nSPS) is 12.2. The molecule has 0 aromatic carbocycles.